The number of nitrogens with one attached hydrogen (secondary N) is 2. The Kier molecular flexibility index (Phi) is 5.04. The zero-order valence-corrected chi connectivity index (χ0v) is 11.7. The normalized spacial score (nSPS) is 11.5. The molecule has 2 N–H and O–H groups in total. The third kappa shape index (κ3) is 4.42. The Morgan fingerprint density at radius 2 is 1.81 bits per heavy atom. The topological polar surface area (TPSA) is 71.1 Å². The Labute approximate surface area is 123 Å². The van der Waals surface area contributed by atoms with Crippen molar-refractivity contribution in [3.63, 3.8) is 0 Å². The predicted molar refractivity (Wildman–Crippen MR) is 79.1 cm³/mol. The molecular weight excluding hydrogens is 266 g/mol. The van der Waals surface area contributed by atoms with E-state index in [9.17, 15) is 9.59 Å². The predicted octanol–water partition coefficient (Wildman–Crippen LogP) is 1.58. The van der Waals surface area contributed by atoms with E-state index in [0.717, 1.165) is 5.56 Å². The van der Waals surface area contributed by atoms with Gasteiger partial charge in [0, 0.05) is 19.7 Å². The van der Waals surface area contributed by atoms with Crippen LogP contribution >= 0.6 is 0 Å². The first-order valence-electron chi connectivity index (χ1n) is 6.66. The minimum absolute atomic E-state index is 0.277. The Balaban J connectivity index is 2.06. The molecule has 0 aliphatic heterocycles. The molecule has 21 heavy (non-hydrogen) atoms. The van der Waals surface area contributed by atoms with Crippen molar-refractivity contribution in [2.24, 2.45) is 0 Å². The minimum Gasteiger partial charge on any atom is -0.350 e. The van der Waals surface area contributed by atoms with Gasteiger partial charge in [-0.3, -0.25) is 14.6 Å². The lowest BCUT2D eigenvalue weighted by Crippen LogP contribution is -2.39. The van der Waals surface area contributed by atoms with Gasteiger partial charge in [0.1, 0.15) is 0 Å². The molecule has 108 valence electrons. The molecule has 5 heteroatoms. The van der Waals surface area contributed by atoms with Crippen molar-refractivity contribution in [3.8, 4) is 0 Å². The van der Waals surface area contributed by atoms with E-state index in [1.165, 1.54) is 6.92 Å². The summed E-state index contributed by atoms with van der Waals surface area (Å²) in [5.41, 5.74) is 1.51. The van der Waals surface area contributed by atoms with Crippen molar-refractivity contribution in [2.45, 2.75) is 19.5 Å². The molecule has 5 nitrogen and oxygen atoms in total. The molecule has 0 fully saturated rings. The molecule has 1 aromatic heterocycles. The van der Waals surface area contributed by atoms with Crippen LogP contribution in [0.2, 0.25) is 0 Å². The maximum absolute atomic E-state index is 12.3. The van der Waals surface area contributed by atoms with Crippen LogP contribution in [0.5, 0.6) is 0 Å². The number of aromatic nitrogens is 1. The van der Waals surface area contributed by atoms with Crippen molar-refractivity contribution < 1.29 is 9.59 Å². The van der Waals surface area contributed by atoms with Gasteiger partial charge in [-0.25, -0.2) is 0 Å². The number of pyridine rings is 1. The highest BCUT2D eigenvalue weighted by Gasteiger charge is 2.22. The number of nitrogens with zero attached hydrogens (tertiary/aromatic N) is 1. The van der Waals surface area contributed by atoms with E-state index in [0.29, 0.717) is 12.2 Å². The van der Waals surface area contributed by atoms with Crippen LogP contribution in [0, 0.1) is 0 Å². The minimum atomic E-state index is -0.785. The second-order valence-corrected chi connectivity index (χ2v) is 4.59. The number of benzene rings is 1. The summed E-state index contributed by atoms with van der Waals surface area (Å²) >= 11 is 0. The van der Waals surface area contributed by atoms with Gasteiger partial charge in [-0.2, -0.15) is 0 Å². The average Bonchev–Trinajstić information content (AvgIpc) is 2.52. The first-order valence-corrected chi connectivity index (χ1v) is 6.66. The fourth-order valence-electron chi connectivity index (χ4n) is 1.91. The molecule has 0 unspecified atom stereocenters. The van der Waals surface area contributed by atoms with Gasteiger partial charge >= 0.3 is 0 Å². The Bertz CT molecular complexity index is 599. The van der Waals surface area contributed by atoms with Crippen LogP contribution in [-0.2, 0) is 16.1 Å². The van der Waals surface area contributed by atoms with Crippen molar-refractivity contribution >= 4 is 11.8 Å². The standard InChI is InChI=1S/C16H17N3O2/c1-12(20)19-15(14-9-5-6-10-17-14)16(21)18-11-13-7-3-2-4-8-13/h2-10,15H,11H2,1H3,(H,18,21)(H,19,20)/t15-/m0/s1. The number of carbonyl (C=O) groups is 2. The SMILES string of the molecule is CC(=O)N[C@H](C(=O)NCc1ccccc1)c1ccccn1. The molecule has 1 heterocycles. The first-order chi connectivity index (χ1) is 10.2. The van der Waals surface area contributed by atoms with Crippen LogP contribution in [-0.4, -0.2) is 16.8 Å². The quantitative estimate of drug-likeness (QED) is 0.875. The number of rotatable bonds is 5. The first kappa shape index (κ1) is 14.7. The summed E-state index contributed by atoms with van der Waals surface area (Å²) in [6.07, 6.45) is 1.59. The van der Waals surface area contributed by atoms with Crippen molar-refractivity contribution in [1.29, 1.82) is 0 Å². The number of hydrogen-bond acceptors (Lipinski definition) is 3. The molecule has 1 aromatic carbocycles. The monoisotopic (exact) mass is 283 g/mol. The van der Waals surface area contributed by atoms with E-state index >= 15 is 0 Å². The van der Waals surface area contributed by atoms with Gasteiger partial charge in [0.2, 0.25) is 11.8 Å². The molecule has 2 amide bonds. The highest BCUT2D eigenvalue weighted by Crippen LogP contribution is 2.10. The molecular formula is C16H17N3O2. The Morgan fingerprint density at radius 1 is 1.10 bits per heavy atom. The summed E-state index contributed by atoms with van der Waals surface area (Å²) < 4.78 is 0. The van der Waals surface area contributed by atoms with Gasteiger partial charge in [0.25, 0.3) is 0 Å². The zero-order valence-electron chi connectivity index (χ0n) is 11.7. The summed E-state index contributed by atoms with van der Waals surface area (Å²) in [5.74, 6) is -0.562. The van der Waals surface area contributed by atoms with Crippen molar-refractivity contribution in [1.82, 2.24) is 15.6 Å². The van der Waals surface area contributed by atoms with Crippen LogP contribution < -0.4 is 10.6 Å². The van der Waals surface area contributed by atoms with Crippen LogP contribution in [0.4, 0.5) is 0 Å². The van der Waals surface area contributed by atoms with Crippen molar-refractivity contribution in [2.75, 3.05) is 0 Å². The Hall–Kier alpha value is -2.69. The highest BCUT2D eigenvalue weighted by molar-refractivity contribution is 5.87. The van der Waals surface area contributed by atoms with E-state index < -0.39 is 6.04 Å². The van der Waals surface area contributed by atoms with E-state index in [2.05, 4.69) is 15.6 Å². The van der Waals surface area contributed by atoms with Gasteiger partial charge < -0.3 is 10.6 Å². The molecule has 2 rings (SSSR count). The number of carbonyl (C=O) groups excluding carboxylic acids is 2. The zero-order chi connectivity index (χ0) is 15.1. The fraction of sp³-hybridized carbons (Fsp3) is 0.188. The van der Waals surface area contributed by atoms with Gasteiger partial charge in [0.15, 0.2) is 6.04 Å². The van der Waals surface area contributed by atoms with Crippen molar-refractivity contribution in [3.05, 3.63) is 66.0 Å². The molecule has 1 atom stereocenters. The van der Waals surface area contributed by atoms with E-state index in [4.69, 9.17) is 0 Å². The van der Waals surface area contributed by atoms with E-state index in [-0.39, 0.29) is 11.8 Å². The second-order valence-electron chi connectivity index (χ2n) is 4.59. The lowest BCUT2D eigenvalue weighted by Gasteiger charge is -2.17. The maximum atomic E-state index is 12.3. The third-order valence-electron chi connectivity index (χ3n) is 2.90. The molecule has 0 spiro atoms. The van der Waals surface area contributed by atoms with E-state index in [1.807, 2.05) is 30.3 Å². The van der Waals surface area contributed by atoms with Crippen LogP contribution in [0.15, 0.2) is 54.7 Å². The largest absolute Gasteiger partial charge is 0.350 e. The van der Waals surface area contributed by atoms with Gasteiger partial charge in [-0.1, -0.05) is 36.4 Å². The smallest absolute Gasteiger partial charge is 0.249 e. The molecule has 0 bridgehead atoms. The summed E-state index contributed by atoms with van der Waals surface area (Å²) in [4.78, 5) is 27.7. The molecule has 2 aromatic rings. The summed E-state index contributed by atoms with van der Waals surface area (Å²) in [7, 11) is 0. The molecule has 0 radical (unpaired) electrons. The lowest BCUT2D eigenvalue weighted by atomic mass is 10.1. The van der Waals surface area contributed by atoms with Gasteiger partial charge in [0.05, 0.1) is 5.69 Å². The average molecular weight is 283 g/mol. The fourth-order valence-corrected chi connectivity index (χ4v) is 1.91. The maximum Gasteiger partial charge on any atom is 0.249 e. The number of hydrogen-bond donors (Lipinski definition) is 2. The third-order valence-corrected chi connectivity index (χ3v) is 2.90. The van der Waals surface area contributed by atoms with Gasteiger partial charge in [-0.15, -0.1) is 0 Å². The van der Waals surface area contributed by atoms with E-state index in [1.54, 1.807) is 24.4 Å². The second kappa shape index (κ2) is 7.19. The molecule has 0 aliphatic rings. The summed E-state index contributed by atoms with van der Waals surface area (Å²) in [6.45, 7) is 1.78. The summed E-state index contributed by atoms with van der Waals surface area (Å²) in [5, 5.41) is 5.43. The van der Waals surface area contributed by atoms with Crippen LogP contribution in [0.3, 0.4) is 0 Å². The van der Waals surface area contributed by atoms with Gasteiger partial charge in [-0.05, 0) is 17.7 Å². The Morgan fingerprint density at radius 3 is 2.43 bits per heavy atom. The molecule has 0 saturated carbocycles. The molecule has 0 aliphatic carbocycles. The van der Waals surface area contributed by atoms with Crippen LogP contribution in [0.1, 0.15) is 24.2 Å². The van der Waals surface area contributed by atoms with Crippen LogP contribution in [0.25, 0.3) is 0 Å². The number of amides is 2. The summed E-state index contributed by atoms with van der Waals surface area (Å²) in [6, 6.07) is 14.0. The molecule has 0 saturated heterocycles. The highest BCUT2D eigenvalue weighted by atomic mass is 16.2. The lowest BCUT2D eigenvalue weighted by molar-refractivity contribution is -0.128.